The van der Waals surface area contributed by atoms with E-state index in [1.165, 1.54) is 22.5 Å². The number of carbonyl (C=O) groups is 1. The molecule has 2 aromatic rings. The van der Waals surface area contributed by atoms with Crippen LogP contribution < -0.4 is 5.32 Å². The summed E-state index contributed by atoms with van der Waals surface area (Å²) in [5, 5.41) is 12.4. The minimum Gasteiger partial charge on any atom is -0.477 e. The molecule has 0 aliphatic carbocycles. The first-order valence-electron chi connectivity index (χ1n) is 6.21. The van der Waals surface area contributed by atoms with Crippen molar-refractivity contribution in [1.29, 1.82) is 0 Å². The fourth-order valence-corrected chi connectivity index (χ4v) is 3.16. The Balaban J connectivity index is 2.15. The predicted octanol–water partition coefficient (Wildman–Crippen LogP) is 4.75. The van der Waals surface area contributed by atoms with Crippen LogP contribution in [0.1, 0.15) is 31.2 Å². The molecule has 2 N–H and O–H groups in total. The van der Waals surface area contributed by atoms with Crippen molar-refractivity contribution in [2.24, 2.45) is 0 Å². The number of rotatable bonds is 4. The number of carboxylic acid groups (broad SMARTS) is 1. The summed E-state index contributed by atoms with van der Waals surface area (Å²) in [5.41, 5.74) is 4.44. The zero-order valence-corrected chi connectivity index (χ0v) is 14.0. The molecule has 0 radical (unpaired) electrons. The summed E-state index contributed by atoms with van der Waals surface area (Å²) < 4.78 is 1.13. The van der Waals surface area contributed by atoms with Crippen LogP contribution in [0, 0.1) is 20.8 Å². The largest absolute Gasteiger partial charge is 0.477 e. The number of hydrogen-bond acceptors (Lipinski definition) is 3. The van der Waals surface area contributed by atoms with Gasteiger partial charge in [0.1, 0.15) is 4.88 Å². The smallest absolute Gasteiger partial charge is 0.345 e. The van der Waals surface area contributed by atoms with Crippen molar-refractivity contribution in [3.63, 3.8) is 0 Å². The fraction of sp³-hybridized carbons (Fsp3) is 0.267. The fourth-order valence-electron chi connectivity index (χ4n) is 2.05. The minimum atomic E-state index is -0.861. The molecule has 5 heteroatoms. The molecule has 1 heterocycles. The third kappa shape index (κ3) is 3.22. The minimum absolute atomic E-state index is 0.391. The number of thiophene rings is 1. The van der Waals surface area contributed by atoms with E-state index >= 15 is 0 Å². The van der Waals surface area contributed by atoms with Crippen LogP contribution in [0.25, 0.3) is 0 Å². The number of aromatic carboxylic acids is 1. The van der Waals surface area contributed by atoms with Crippen LogP contribution in [0.15, 0.2) is 22.7 Å². The summed E-state index contributed by atoms with van der Waals surface area (Å²) in [4.78, 5) is 12.4. The molecule has 1 aromatic carbocycles. The second-order valence-electron chi connectivity index (χ2n) is 4.77. The van der Waals surface area contributed by atoms with Crippen molar-refractivity contribution < 1.29 is 9.90 Å². The van der Waals surface area contributed by atoms with Crippen molar-refractivity contribution in [2.45, 2.75) is 27.3 Å². The van der Waals surface area contributed by atoms with Crippen molar-refractivity contribution in [1.82, 2.24) is 0 Å². The highest BCUT2D eigenvalue weighted by atomic mass is 79.9. The van der Waals surface area contributed by atoms with Crippen molar-refractivity contribution in [3.8, 4) is 0 Å². The van der Waals surface area contributed by atoms with E-state index in [1.807, 2.05) is 6.92 Å². The summed E-state index contributed by atoms with van der Waals surface area (Å²) in [6, 6.07) is 5.90. The lowest BCUT2D eigenvalue weighted by molar-refractivity contribution is 0.0702. The molecule has 0 saturated heterocycles. The first-order chi connectivity index (χ1) is 9.38. The molecule has 0 aliphatic heterocycles. The maximum absolute atomic E-state index is 11.0. The van der Waals surface area contributed by atoms with Crippen LogP contribution in [0.3, 0.4) is 0 Å². The molecular formula is C15H16BrNO2S. The highest BCUT2D eigenvalue weighted by Crippen LogP contribution is 2.26. The first kappa shape index (κ1) is 15.1. The van der Waals surface area contributed by atoms with Gasteiger partial charge in [-0.1, -0.05) is 15.9 Å². The number of benzene rings is 1. The maximum Gasteiger partial charge on any atom is 0.345 e. The monoisotopic (exact) mass is 353 g/mol. The molecule has 2 rings (SSSR count). The van der Waals surface area contributed by atoms with E-state index in [2.05, 4.69) is 47.2 Å². The van der Waals surface area contributed by atoms with Gasteiger partial charge in [0.2, 0.25) is 0 Å². The maximum atomic E-state index is 11.0. The number of hydrogen-bond donors (Lipinski definition) is 2. The third-order valence-electron chi connectivity index (χ3n) is 3.15. The topological polar surface area (TPSA) is 49.3 Å². The van der Waals surface area contributed by atoms with Gasteiger partial charge in [0.25, 0.3) is 0 Å². The molecule has 0 unspecified atom stereocenters. The molecule has 0 amide bonds. The summed E-state index contributed by atoms with van der Waals surface area (Å²) in [5.74, 6) is -0.861. The Hall–Kier alpha value is -1.33. The molecule has 0 atom stereocenters. The van der Waals surface area contributed by atoms with Gasteiger partial charge in [0.05, 0.1) is 0 Å². The van der Waals surface area contributed by atoms with E-state index in [9.17, 15) is 4.79 Å². The van der Waals surface area contributed by atoms with Crippen LogP contribution in [0.5, 0.6) is 0 Å². The Bertz CT molecular complexity index is 641. The van der Waals surface area contributed by atoms with Crippen LogP contribution in [-0.2, 0) is 6.54 Å². The van der Waals surface area contributed by atoms with Crippen LogP contribution in [0.4, 0.5) is 5.69 Å². The predicted molar refractivity (Wildman–Crippen MR) is 87.0 cm³/mol. The Labute approximate surface area is 130 Å². The lowest BCUT2D eigenvalue weighted by atomic mass is 10.1. The molecule has 0 fully saturated rings. The van der Waals surface area contributed by atoms with Crippen LogP contribution in [-0.4, -0.2) is 11.1 Å². The summed E-state index contributed by atoms with van der Waals surface area (Å²) in [7, 11) is 0. The van der Waals surface area contributed by atoms with Gasteiger partial charge in [0.15, 0.2) is 0 Å². The van der Waals surface area contributed by atoms with Crippen molar-refractivity contribution in [3.05, 3.63) is 49.1 Å². The molecule has 0 bridgehead atoms. The number of halogens is 1. The van der Waals surface area contributed by atoms with E-state index < -0.39 is 5.97 Å². The van der Waals surface area contributed by atoms with Gasteiger partial charge in [-0.3, -0.25) is 0 Å². The van der Waals surface area contributed by atoms with Gasteiger partial charge in [-0.05, 0) is 55.7 Å². The summed E-state index contributed by atoms with van der Waals surface area (Å²) in [6.45, 7) is 6.70. The molecule has 0 aliphatic rings. The van der Waals surface area contributed by atoms with E-state index in [0.717, 1.165) is 20.6 Å². The Kier molecular flexibility index (Phi) is 4.50. The Morgan fingerprint density at radius 2 is 1.85 bits per heavy atom. The average Bonchev–Trinajstić information content (AvgIpc) is 2.75. The number of nitrogens with one attached hydrogen (secondary N) is 1. The van der Waals surface area contributed by atoms with E-state index in [1.54, 1.807) is 6.07 Å². The van der Waals surface area contributed by atoms with Gasteiger partial charge >= 0.3 is 5.97 Å². The lowest BCUT2D eigenvalue weighted by Crippen LogP contribution is -2.00. The number of carboxylic acids is 1. The molecular weight excluding hydrogens is 338 g/mol. The second-order valence-corrected chi connectivity index (χ2v) is 6.82. The molecule has 3 nitrogen and oxygen atoms in total. The van der Waals surface area contributed by atoms with Gasteiger partial charge < -0.3 is 10.4 Å². The highest BCUT2D eigenvalue weighted by Gasteiger charge is 2.11. The van der Waals surface area contributed by atoms with Gasteiger partial charge in [-0.25, -0.2) is 4.79 Å². The number of anilines is 1. The zero-order chi connectivity index (χ0) is 14.9. The quantitative estimate of drug-likeness (QED) is 0.833. The summed E-state index contributed by atoms with van der Waals surface area (Å²) >= 11 is 4.87. The van der Waals surface area contributed by atoms with E-state index in [0.29, 0.717) is 11.4 Å². The third-order valence-corrected chi connectivity index (χ3v) is 5.48. The molecule has 1 aromatic heterocycles. The molecule has 106 valence electrons. The second kappa shape index (κ2) is 5.97. The lowest BCUT2D eigenvalue weighted by Gasteiger charge is -2.10. The van der Waals surface area contributed by atoms with Gasteiger partial charge in [-0.2, -0.15) is 0 Å². The normalized spacial score (nSPS) is 10.6. The molecule has 0 saturated carbocycles. The Morgan fingerprint density at radius 3 is 2.35 bits per heavy atom. The molecule has 0 spiro atoms. The van der Waals surface area contributed by atoms with Crippen molar-refractivity contribution in [2.75, 3.05) is 5.32 Å². The van der Waals surface area contributed by atoms with Crippen molar-refractivity contribution >= 4 is 38.9 Å². The van der Waals surface area contributed by atoms with Crippen LogP contribution >= 0.6 is 27.3 Å². The van der Waals surface area contributed by atoms with Crippen LogP contribution in [0.2, 0.25) is 0 Å². The van der Waals surface area contributed by atoms with E-state index in [-0.39, 0.29) is 0 Å². The van der Waals surface area contributed by atoms with Gasteiger partial charge in [0, 0.05) is 21.6 Å². The average molecular weight is 354 g/mol. The standard InChI is InChI=1S/C15H16BrNO2S/c1-8-4-12(5-9(2)14(8)16)17-7-11-6-13(15(18)19)20-10(11)3/h4-6,17H,7H2,1-3H3,(H,18,19). The first-order valence-corrected chi connectivity index (χ1v) is 7.82. The zero-order valence-electron chi connectivity index (χ0n) is 11.6. The Morgan fingerprint density at radius 1 is 1.25 bits per heavy atom. The highest BCUT2D eigenvalue weighted by molar-refractivity contribution is 9.10. The van der Waals surface area contributed by atoms with E-state index in [4.69, 9.17) is 5.11 Å². The summed E-state index contributed by atoms with van der Waals surface area (Å²) in [6.07, 6.45) is 0. The van der Waals surface area contributed by atoms with Gasteiger partial charge in [-0.15, -0.1) is 11.3 Å². The SMILES string of the molecule is Cc1cc(NCc2cc(C(=O)O)sc2C)cc(C)c1Br. The molecule has 20 heavy (non-hydrogen) atoms. The number of aryl methyl sites for hydroxylation is 3.